The van der Waals surface area contributed by atoms with E-state index in [2.05, 4.69) is 46.0 Å². The van der Waals surface area contributed by atoms with Gasteiger partial charge in [-0.05, 0) is 30.7 Å². The largest absolute Gasteiger partial charge is 0.333 e. The van der Waals surface area contributed by atoms with Gasteiger partial charge < -0.3 is 4.57 Å². The number of rotatable bonds is 2. The van der Waals surface area contributed by atoms with Crippen LogP contribution in [-0.4, -0.2) is 9.55 Å². The number of nitrogens with zero attached hydrogens (tertiary/aromatic N) is 3. The first-order valence-electron chi connectivity index (χ1n) is 6.80. The van der Waals surface area contributed by atoms with Gasteiger partial charge in [-0.15, -0.1) is 0 Å². The summed E-state index contributed by atoms with van der Waals surface area (Å²) in [6, 6.07) is 13.4. The van der Waals surface area contributed by atoms with Crippen LogP contribution in [0.25, 0.3) is 0 Å². The summed E-state index contributed by atoms with van der Waals surface area (Å²) in [5, 5.41) is 9.33. The van der Waals surface area contributed by atoms with Crippen LogP contribution in [0, 0.1) is 17.2 Å². The average molecular weight is 251 g/mol. The summed E-state index contributed by atoms with van der Waals surface area (Å²) >= 11 is 0. The minimum atomic E-state index is 0.106. The Labute approximate surface area is 113 Å². The molecule has 0 amide bonds. The van der Waals surface area contributed by atoms with Crippen molar-refractivity contribution in [3.05, 3.63) is 54.6 Å². The molecule has 1 fully saturated rings. The summed E-state index contributed by atoms with van der Waals surface area (Å²) in [6.07, 6.45) is 8.70. The second-order valence-corrected chi connectivity index (χ2v) is 5.23. The van der Waals surface area contributed by atoms with E-state index in [4.69, 9.17) is 0 Å². The fraction of sp³-hybridized carbons (Fsp3) is 0.375. The zero-order valence-corrected chi connectivity index (χ0v) is 10.8. The van der Waals surface area contributed by atoms with Crippen LogP contribution in [0.5, 0.6) is 0 Å². The van der Waals surface area contributed by atoms with E-state index in [1.165, 1.54) is 5.56 Å². The van der Waals surface area contributed by atoms with Gasteiger partial charge in [0.05, 0.1) is 24.4 Å². The van der Waals surface area contributed by atoms with Gasteiger partial charge in [-0.3, -0.25) is 0 Å². The Balaban J connectivity index is 1.84. The third-order valence-electron chi connectivity index (χ3n) is 4.16. The van der Waals surface area contributed by atoms with Gasteiger partial charge >= 0.3 is 0 Å². The van der Waals surface area contributed by atoms with E-state index in [1.54, 1.807) is 6.20 Å². The van der Waals surface area contributed by atoms with Gasteiger partial charge in [0.15, 0.2) is 0 Å². The molecule has 1 aromatic carbocycles. The molecule has 1 heterocycles. The van der Waals surface area contributed by atoms with E-state index < -0.39 is 0 Å². The molecule has 1 aliphatic carbocycles. The van der Waals surface area contributed by atoms with Crippen molar-refractivity contribution in [1.82, 2.24) is 9.55 Å². The lowest BCUT2D eigenvalue weighted by molar-refractivity contribution is 0.262. The van der Waals surface area contributed by atoms with Gasteiger partial charge in [0.25, 0.3) is 0 Å². The quantitative estimate of drug-likeness (QED) is 0.819. The first-order valence-corrected chi connectivity index (χ1v) is 6.80. The number of hydrogen-bond donors (Lipinski definition) is 0. The summed E-state index contributed by atoms with van der Waals surface area (Å²) in [5.41, 5.74) is 1.39. The summed E-state index contributed by atoms with van der Waals surface area (Å²) in [6.45, 7) is 0. The molecule has 3 unspecified atom stereocenters. The summed E-state index contributed by atoms with van der Waals surface area (Å²) in [5.74, 6) is 0.660. The Morgan fingerprint density at radius 1 is 1.21 bits per heavy atom. The summed E-state index contributed by atoms with van der Waals surface area (Å²) in [4.78, 5) is 4.12. The Kier molecular flexibility index (Phi) is 3.33. The van der Waals surface area contributed by atoms with Crippen molar-refractivity contribution in [2.24, 2.45) is 5.92 Å². The first kappa shape index (κ1) is 12.0. The minimum absolute atomic E-state index is 0.106. The number of aromatic nitrogens is 2. The Morgan fingerprint density at radius 3 is 2.74 bits per heavy atom. The molecule has 0 saturated heterocycles. The lowest BCUT2D eigenvalue weighted by atomic mass is 9.76. The molecular formula is C16H17N3. The number of hydrogen-bond acceptors (Lipinski definition) is 2. The Hall–Kier alpha value is -2.08. The fourth-order valence-electron chi connectivity index (χ4n) is 3.12. The SMILES string of the molecule is N#CC1CCC(c2ccccc2)CC1n1ccnc1. The molecule has 0 bridgehead atoms. The van der Waals surface area contributed by atoms with E-state index in [9.17, 15) is 5.26 Å². The highest BCUT2D eigenvalue weighted by Crippen LogP contribution is 2.41. The molecule has 0 spiro atoms. The lowest BCUT2D eigenvalue weighted by Crippen LogP contribution is -2.25. The van der Waals surface area contributed by atoms with Crippen LogP contribution in [0.4, 0.5) is 0 Å². The van der Waals surface area contributed by atoms with Gasteiger partial charge in [0.1, 0.15) is 0 Å². The Morgan fingerprint density at radius 2 is 2.05 bits per heavy atom. The molecule has 3 heteroatoms. The highest BCUT2D eigenvalue weighted by Gasteiger charge is 2.32. The van der Waals surface area contributed by atoms with E-state index in [0.29, 0.717) is 5.92 Å². The van der Waals surface area contributed by atoms with Crippen molar-refractivity contribution < 1.29 is 0 Å². The Bertz CT molecular complexity index is 553. The van der Waals surface area contributed by atoms with Crippen LogP contribution in [-0.2, 0) is 0 Å². The zero-order chi connectivity index (χ0) is 13.1. The van der Waals surface area contributed by atoms with Crippen LogP contribution in [0.15, 0.2) is 49.1 Å². The van der Waals surface area contributed by atoms with Crippen molar-refractivity contribution in [2.75, 3.05) is 0 Å². The second kappa shape index (κ2) is 5.27. The van der Waals surface area contributed by atoms with E-state index >= 15 is 0 Å². The molecule has 0 N–H and O–H groups in total. The number of benzene rings is 1. The molecule has 1 saturated carbocycles. The van der Waals surface area contributed by atoms with Crippen LogP contribution in [0.1, 0.15) is 36.8 Å². The molecule has 3 rings (SSSR count). The topological polar surface area (TPSA) is 41.6 Å². The van der Waals surface area contributed by atoms with Gasteiger partial charge in [-0.1, -0.05) is 30.3 Å². The predicted octanol–water partition coefficient (Wildman–Crippen LogP) is 3.53. The monoisotopic (exact) mass is 251 g/mol. The van der Waals surface area contributed by atoms with E-state index in [1.807, 2.05) is 12.5 Å². The lowest BCUT2D eigenvalue weighted by Gasteiger charge is -2.33. The summed E-state index contributed by atoms with van der Waals surface area (Å²) in [7, 11) is 0. The molecule has 1 aromatic heterocycles. The molecule has 19 heavy (non-hydrogen) atoms. The van der Waals surface area contributed by atoms with Crippen LogP contribution < -0.4 is 0 Å². The van der Waals surface area contributed by atoms with Gasteiger partial charge in [-0.25, -0.2) is 4.98 Å². The first-order chi connectivity index (χ1) is 9.38. The maximum atomic E-state index is 9.33. The van der Waals surface area contributed by atoms with Gasteiger partial charge in [0.2, 0.25) is 0 Å². The minimum Gasteiger partial charge on any atom is -0.333 e. The molecule has 1 aliphatic rings. The summed E-state index contributed by atoms with van der Waals surface area (Å²) < 4.78 is 2.10. The van der Waals surface area contributed by atoms with E-state index in [-0.39, 0.29) is 12.0 Å². The molecular weight excluding hydrogens is 234 g/mol. The van der Waals surface area contributed by atoms with Crippen molar-refractivity contribution >= 4 is 0 Å². The standard InChI is InChI=1S/C16H17N3/c17-11-15-7-6-14(13-4-2-1-3-5-13)10-16(15)19-9-8-18-12-19/h1-5,8-9,12,14-16H,6-7,10H2. The smallest absolute Gasteiger partial charge is 0.0948 e. The molecule has 3 nitrogen and oxygen atoms in total. The third-order valence-corrected chi connectivity index (χ3v) is 4.16. The van der Waals surface area contributed by atoms with Crippen LogP contribution >= 0.6 is 0 Å². The molecule has 96 valence electrons. The molecule has 0 aliphatic heterocycles. The van der Waals surface area contributed by atoms with Crippen LogP contribution in [0.2, 0.25) is 0 Å². The van der Waals surface area contributed by atoms with E-state index in [0.717, 1.165) is 19.3 Å². The normalized spacial score (nSPS) is 26.8. The fourth-order valence-corrected chi connectivity index (χ4v) is 3.12. The van der Waals surface area contributed by atoms with Crippen molar-refractivity contribution in [1.29, 1.82) is 5.26 Å². The van der Waals surface area contributed by atoms with Crippen molar-refractivity contribution in [3.63, 3.8) is 0 Å². The van der Waals surface area contributed by atoms with Gasteiger partial charge in [0, 0.05) is 12.4 Å². The second-order valence-electron chi connectivity index (χ2n) is 5.23. The van der Waals surface area contributed by atoms with Crippen molar-refractivity contribution in [3.8, 4) is 6.07 Å². The maximum absolute atomic E-state index is 9.33. The molecule has 0 radical (unpaired) electrons. The average Bonchev–Trinajstić information content (AvgIpc) is 3.01. The van der Waals surface area contributed by atoms with Gasteiger partial charge in [-0.2, -0.15) is 5.26 Å². The maximum Gasteiger partial charge on any atom is 0.0948 e. The molecule has 2 aromatic rings. The highest BCUT2D eigenvalue weighted by atomic mass is 15.1. The predicted molar refractivity (Wildman–Crippen MR) is 73.4 cm³/mol. The van der Waals surface area contributed by atoms with Crippen LogP contribution in [0.3, 0.4) is 0 Å². The molecule has 3 atom stereocenters. The van der Waals surface area contributed by atoms with Crippen molar-refractivity contribution in [2.45, 2.75) is 31.2 Å². The zero-order valence-electron chi connectivity index (χ0n) is 10.8. The number of imidazole rings is 1. The number of nitriles is 1. The highest BCUT2D eigenvalue weighted by molar-refractivity contribution is 5.21. The third kappa shape index (κ3) is 2.39.